The molecule has 0 saturated heterocycles. The summed E-state index contributed by atoms with van der Waals surface area (Å²) >= 11 is 2.15. The monoisotopic (exact) mass is 236 g/mol. The van der Waals surface area contributed by atoms with E-state index in [1.54, 1.807) is 0 Å². The molecule has 1 N–H and O–H groups in total. The van der Waals surface area contributed by atoms with Gasteiger partial charge < -0.3 is 0 Å². The van der Waals surface area contributed by atoms with Gasteiger partial charge in [0.1, 0.15) is 0 Å². The molecule has 0 saturated carbocycles. The van der Waals surface area contributed by atoms with E-state index in [-0.39, 0.29) is 0 Å². The fourth-order valence-corrected chi connectivity index (χ4v) is 0. The van der Waals surface area contributed by atoms with E-state index in [4.69, 9.17) is 4.55 Å². The first-order valence-electron chi connectivity index (χ1n) is 1.30. The van der Waals surface area contributed by atoms with Gasteiger partial charge in [0.25, 0.3) is 10.1 Å². The molecule has 0 aromatic rings. The van der Waals surface area contributed by atoms with Gasteiger partial charge in [0.15, 0.2) is 0 Å². The first kappa shape index (κ1) is 10.6. The van der Waals surface area contributed by atoms with Crippen molar-refractivity contribution in [3.8, 4) is 0 Å². The topological polar surface area (TPSA) is 54.4 Å². The van der Waals surface area contributed by atoms with E-state index in [1.807, 2.05) is 4.93 Å². The summed E-state index contributed by atoms with van der Waals surface area (Å²) in [5.41, 5.74) is 0. The summed E-state index contributed by atoms with van der Waals surface area (Å²) in [6.07, 6.45) is 0.715. The highest BCUT2D eigenvalue weighted by atomic mass is 125. The van der Waals surface area contributed by atoms with E-state index in [0.29, 0.717) is 6.26 Å². The first-order valence-corrected chi connectivity index (χ1v) is 5.31. The summed E-state index contributed by atoms with van der Waals surface area (Å²) in [7, 11) is -3.67. The van der Waals surface area contributed by atoms with E-state index < -0.39 is 10.1 Å². The average Bonchev–Trinajstić information content (AvgIpc) is 1.36. The SMILES string of the molecule is CS(=O)(=O)O.C[125I]. The average molecular weight is 236 g/mol. The maximum absolute atomic E-state index is 9.19. The minimum Gasteiger partial charge on any atom is -0.286 e. The minimum atomic E-state index is -3.67. The second-order valence-corrected chi connectivity index (χ2v) is 2.20. The molecule has 0 heterocycles. The molecule has 46 valence electrons. The zero-order valence-electron chi connectivity index (χ0n) is 4.05. The highest BCUT2D eigenvalue weighted by Crippen LogP contribution is 1.60. The van der Waals surface area contributed by atoms with Gasteiger partial charge in [0.2, 0.25) is 0 Å². The van der Waals surface area contributed by atoms with E-state index in [9.17, 15) is 8.42 Å². The van der Waals surface area contributed by atoms with Crippen molar-refractivity contribution in [1.29, 1.82) is 0 Å². The predicted molar refractivity (Wildman–Crippen MR) is 37.4 cm³/mol. The molecule has 0 aliphatic carbocycles. The quantitative estimate of drug-likeness (QED) is 0.379. The van der Waals surface area contributed by atoms with Crippen LogP contribution in [0, 0.1) is 0 Å². The van der Waals surface area contributed by atoms with Crippen LogP contribution in [0.15, 0.2) is 0 Å². The number of alkyl halides is 1. The van der Waals surface area contributed by atoms with Crippen LogP contribution in [0.25, 0.3) is 0 Å². The molecule has 0 aliphatic rings. The Balaban J connectivity index is 0. The maximum atomic E-state index is 9.19. The van der Waals surface area contributed by atoms with Crippen molar-refractivity contribution in [2.24, 2.45) is 0 Å². The van der Waals surface area contributed by atoms with E-state index in [1.165, 1.54) is 0 Å². The Morgan fingerprint density at radius 3 is 1.43 bits per heavy atom. The standard InChI is InChI=1S/CH3I.CH4O3S/c1-2;1-5(2,3)4/h1H3;1H3,(H,2,3,4)/i2-2;. The Morgan fingerprint density at radius 2 is 1.43 bits per heavy atom. The lowest BCUT2D eigenvalue weighted by Crippen LogP contribution is -1.88. The summed E-state index contributed by atoms with van der Waals surface area (Å²) in [5, 5.41) is 0. The first-order chi connectivity index (χ1) is 3.00. The molecule has 5 heteroatoms. The van der Waals surface area contributed by atoms with Gasteiger partial charge >= 0.3 is 0 Å². The van der Waals surface area contributed by atoms with Crippen molar-refractivity contribution in [3.05, 3.63) is 0 Å². The third-order valence-electron chi connectivity index (χ3n) is 0. The third-order valence-corrected chi connectivity index (χ3v) is 0. The van der Waals surface area contributed by atoms with E-state index in [2.05, 4.69) is 22.6 Å². The molecule has 7 heavy (non-hydrogen) atoms. The summed E-state index contributed by atoms with van der Waals surface area (Å²) in [5.74, 6) is 0. The molecule has 0 radical (unpaired) electrons. The van der Waals surface area contributed by atoms with Gasteiger partial charge in [-0.05, 0) is 4.93 Å². The van der Waals surface area contributed by atoms with Crippen molar-refractivity contribution in [1.82, 2.24) is 0 Å². The lowest BCUT2D eigenvalue weighted by Gasteiger charge is -1.69. The summed E-state index contributed by atoms with van der Waals surface area (Å²) in [4.78, 5) is 1.97. The molecule has 0 bridgehead atoms. The van der Waals surface area contributed by atoms with Gasteiger partial charge in [-0.15, -0.1) is 0 Å². The Bertz CT molecular complexity index is 96.1. The molecule has 0 spiro atoms. The van der Waals surface area contributed by atoms with Crippen LogP contribution in [0.2, 0.25) is 0 Å². The highest BCUT2D eigenvalue weighted by molar-refractivity contribution is 14.1. The Morgan fingerprint density at radius 1 is 1.43 bits per heavy atom. The molecule has 3 nitrogen and oxygen atoms in total. The minimum absolute atomic E-state index is 0.715. The lowest BCUT2D eigenvalue weighted by molar-refractivity contribution is 0.490. The van der Waals surface area contributed by atoms with Crippen LogP contribution in [-0.4, -0.2) is 24.2 Å². The van der Waals surface area contributed by atoms with Crippen molar-refractivity contribution in [2.45, 2.75) is 0 Å². The zero-order valence-corrected chi connectivity index (χ0v) is 7.02. The van der Waals surface area contributed by atoms with Crippen molar-refractivity contribution < 1.29 is 13.0 Å². The fraction of sp³-hybridized carbons (Fsp3) is 1.00. The van der Waals surface area contributed by atoms with Gasteiger partial charge in [-0.3, -0.25) is 4.55 Å². The normalized spacial score (nSPS) is 9.14. The predicted octanol–water partition coefficient (Wildman–Crippen LogP) is 0.555. The molecular formula is C2H7IO3S. The number of halogens is 1. The van der Waals surface area contributed by atoms with Crippen LogP contribution < -0.4 is 0 Å². The fourth-order valence-electron chi connectivity index (χ4n) is 0. The summed E-state index contributed by atoms with van der Waals surface area (Å²) < 4.78 is 25.9. The van der Waals surface area contributed by atoms with Crippen LogP contribution in [-0.2, 0) is 10.1 Å². The molecule has 0 aliphatic heterocycles. The summed E-state index contributed by atoms with van der Waals surface area (Å²) in [6.45, 7) is 0. The van der Waals surface area contributed by atoms with Crippen LogP contribution >= 0.6 is 22.6 Å². The Kier molecular flexibility index (Phi) is 7.25. The smallest absolute Gasteiger partial charge is 0.261 e. The lowest BCUT2D eigenvalue weighted by atomic mass is 12.0. The second-order valence-electron chi connectivity index (χ2n) is 0.733. The molecular weight excluding hydrogens is 229 g/mol. The van der Waals surface area contributed by atoms with Gasteiger partial charge in [0, 0.05) is 0 Å². The van der Waals surface area contributed by atoms with Gasteiger partial charge in [0.05, 0.1) is 6.26 Å². The van der Waals surface area contributed by atoms with E-state index in [0.717, 1.165) is 0 Å². The molecule has 0 unspecified atom stereocenters. The second kappa shape index (κ2) is 4.79. The summed E-state index contributed by atoms with van der Waals surface area (Å²) in [6, 6.07) is 0. The zero-order chi connectivity index (χ0) is 6.50. The Hall–Kier alpha value is 0.640. The van der Waals surface area contributed by atoms with Crippen LogP contribution in [0.5, 0.6) is 0 Å². The number of rotatable bonds is 0. The molecule has 0 atom stereocenters. The number of hydrogen-bond donors (Lipinski definition) is 1. The molecule has 0 aromatic heterocycles. The molecule has 0 fully saturated rings. The highest BCUT2D eigenvalue weighted by Gasteiger charge is 1.81. The Labute approximate surface area is 57.0 Å². The molecule has 0 amide bonds. The van der Waals surface area contributed by atoms with Crippen molar-refractivity contribution >= 4 is 32.7 Å². The van der Waals surface area contributed by atoms with Crippen LogP contribution in [0.1, 0.15) is 0 Å². The van der Waals surface area contributed by atoms with Crippen molar-refractivity contribution in [2.75, 3.05) is 11.2 Å². The molecule has 0 rings (SSSR count). The van der Waals surface area contributed by atoms with Gasteiger partial charge in [-0.1, -0.05) is 22.6 Å². The molecule has 0 aromatic carbocycles. The van der Waals surface area contributed by atoms with Gasteiger partial charge in [-0.25, -0.2) is 0 Å². The third kappa shape index (κ3) is 349. The van der Waals surface area contributed by atoms with Gasteiger partial charge in [-0.2, -0.15) is 8.42 Å². The van der Waals surface area contributed by atoms with Crippen LogP contribution in [0.3, 0.4) is 0 Å². The largest absolute Gasteiger partial charge is 0.286 e. The maximum Gasteiger partial charge on any atom is 0.261 e. The number of hydrogen-bond acceptors (Lipinski definition) is 2. The van der Waals surface area contributed by atoms with Crippen LogP contribution in [0.4, 0.5) is 0 Å². The van der Waals surface area contributed by atoms with Crippen molar-refractivity contribution in [3.63, 3.8) is 0 Å². The van der Waals surface area contributed by atoms with E-state index >= 15 is 0 Å².